The second-order valence-electron chi connectivity index (χ2n) is 5.14. The first-order valence-corrected chi connectivity index (χ1v) is 8.00. The summed E-state index contributed by atoms with van der Waals surface area (Å²) < 4.78 is 1.26. The predicted octanol–water partition coefficient (Wildman–Crippen LogP) is 2.69. The Morgan fingerprint density at radius 1 is 1.30 bits per heavy atom. The first kappa shape index (κ1) is 15.2. The third-order valence-corrected chi connectivity index (χ3v) is 4.24. The maximum absolute atomic E-state index is 5.51. The molecule has 0 fully saturated rings. The van der Waals surface area contributed by atoms with Crippen molar-refractivity contribution in [3.05, 3.63) is 23.2 Å². The van der Waals surface area contributed by atoms with Crippen LogP contribution in [0.5, 0.6) is 0 Å². The highest BCUT2D eigenvalue weighted by Gasteiger charge is 2.02. The van der Waals surface area contributed by atoms with E-state index in [4.69, 9.17) is 5.73 Å². The number of nitrogens with zero attached hydrogens (tertiary/aromatic N) is 2. The maximum Gasteiger partial charge on any atom is 0.0907 e. The fourth-order valence-electron chi connectivity index (χ4n) is 2.21. The molecule has 20 heavy (non-hydrogen) atoms. The zero-order valence-corrected chi connectivity index (χ0v) is 13.2. The van der Waals surface area contributed by atoms with Gasteiger partial charge in [0, 0.05) is 12.2 Å². The number of hydrogen-bond donors (Lipinski definition) is 2. The van der Waals surface area contributed by atoms with Gasteiger partial charge in [0.2, 0.25) is 0 Å². The van der Waals surface area contributed by atoms with Gasteiger partial charge in [0.25, 0.3) is 0 Å². The van der Waals surface area contributed by atoms with Crippen molar-refractivity contribution in [2.75, 3.05) is 38.5 Å². The van der Waals surface area contributed by atoms with Gasteiger partial charge in [0.15, 0.2) is 0 Å². The molecule has 0 bridgehead atoms. The largest absolute Gasteiger partial charge is 0.385 e. The zero-order valence-electron chi connectivity index (χ0n) is 12.4. The molecule has 110 valence electrons. The molecule has 1 aromatic heterocycles. The van der Waals surface area contributed by atoms with Crippen molar-refractivity contribution in [1.29, 1.82) is 0 Å². The average Bonchev–Trinajstić information content (AvgIpc) is 2.80. The topological polar surface area (TPSA) is 54.2 Å². The standard InChI is InChI=1S/C15H24N4S/c1-12-18-14-11-13(5-6-15(14)20-12)17-8-4-10-19(2)9-3-7-16/h5-6,11,17H,3-4,7-10,16H2,1-2H3. The molecule has 1 heterocycles. The molecule has 0 saturated carbocycles. The van der Waals surface area contributed by atoms with Crippen LogP contribution < -0.4 is 11.1 Å². The Morgan fingerprint density at radius 3 is 2.90 bits per heavy atom. The summed E-state index contributed by atoms with van der Waals surface area (Å²) in [6.07, 6.45) is 2.21. The molecular formula is C15H24N4S. The van der Waals surface area contributed by atoms with Crippen molar-refractivity contribution < 1.29 is 0 Å². The Balaban J connectivity index is 1.75. The summed E-state index contributed by atoms with van der Waals surface area (Å²) in [6, 6.07) is 6.42. The van der Waals surface area contributed by atoms with Crippen LogP contribution in [0.1, 0.15) is 17.8 Å². The monoisotopic (exact) mass is 292 g/mol. The van der Waals surface area contributed by atoms with Crippen molar-refractivity contribution in [2.24, 2.45) is 5.73 Å². The third-order valence-electron chi connectivity index (χ3n) is 3.28. The van der Waals surface area contributed by atoms with E-state index in [1.54, 1.807) is 11.3 Å². The second-order valence-corrected chi connectivity index (χ2v) is 6.38. The molecule has 0 unspecified atom stereocenters. The summed E-state index contributed by atoms with van der Waals surface area (Å²) in [5.74, 6) is 0. The first-order valence-electron chi connectivity index (χ1n) is 7.18. The quantitative estimate of drug-likeness (QED) is 0.735. The van der Waals surface area contributed by atoms with E-state index < -0.39 is 0 Å². The highest BCUT2D eigenvalue weighted by molar-refractivity contribution is 7.18. The molecule has 0 radical (unpaired) electrons. The van der Waals surface area contributed by atoms with Gasteiger partial charge in [-0.15, -0.1) is 11.3 Å². The smallest absolute Gasteiger partial charge is 0.0907 e. The van der Waals surface area contributed by atoms with Crippen LogP contribution in [0.2, 0.25) is 0 Å². The van der Waals surface area contributed by atoms with Crippen LogP contribution in [0.3, 0.4) is 0 Å². The average molecular weight is 292 g/mol. The molecule has 0 atom stereocenters. The fraction of sp³-hybridized carbons (Fsp3) is 0.533. The van der Waals surface area contributed by atoms with E-state index in [9.17, 15) is 0 Å². The van der Waals surface area contributed by atoms with Gasteiger partial charge < -0.3 is 16.0 Å². The van der Waals surface area contributed by atoms with Crippen molar-refractivity contribution in [2.45, 2.75) is 19.8 Å². The van der Waals surface area contributed by atoms with E-state index in [-0.39, 0.29) is 0 Å². The summed E-state index contributed by atoms with van der Waals surface area (Å²) in [5.41, 5.74) is 7.77. The number of nitrogens with one attached hydrogen (secondary N) is 1. The predicted molar refractivity (Wildman–Crippen MR) is 88.6 cm³/mol. The summed E-state index contributed by atoms with van der Waals surface area (Å²) in [5, 5.41) is 4.59. The van der Waals surface area contributed by atoms with E-state index in [0.29, 0.717) is 0 Å². The van der Waals surface area contributed by atoms with Gasteiger partial charge in [-0.2, -0.15) is 0 Å². The van der Waals surface area contributed by atoms with Crippen LogP contribution in [0, 0.1) is 6.92 Å². The van der Waals surface area contributed by atoms with Crippen molar-refractivity contribution >= 4 is 27.2 Å². The van der Waals surface area contributed by atoms with Gasteiger partial charge in [0.1, 0.15) is 0 Å². The van der Waals surface area contributed by atoms with Gasteiger partial charge in [-0.05, 0) is 64.6 Å². The molecule has 0 aliphatic carbocycles. The van der Waals surface area contributed by atoms with Crippen LogP contribution in [0.25, 0.3) is 10.2 Å². The first-order chi connectivity index (χ1) is 9.69. The minimum Gasteiger partial charge on any atom is -0.385 e. The summed E-state index contributed by atoms with van der Waals surface area (Å²) in [6.45, 7) is 6.00. The van der Waals surface area contributed by atoms with Crippen molar-refractivity contribution in [3.63, 3.8) is 0 Å². The van der Waals surface area contributed by atoms with Gasteiger partial charge in [0.05, 0.1) is 15.2 Å². The summed E-state index contributed by atoms with van der Waals surface area (Å²) in [4.78, 5) is 6.86. The van der Waals surface area contributed by atoms with E-state index >= 15 is 0 Å². The fourth-order valence-corrected chi connectivity index (χ4v) is 3.01. The number of nitrogens with two attached hydrogens (primary N) is 1. The molecule has 1 aromatic carbocycles. The lowest BCUT2D eigenvalue weighted by molar-refractivity contribution is 0.330. The van der Waals surface area contributed by atoms with Crippen molar-refractivity contribution in [3.8, 4) is 0 Å². The Morgan fingerprint density at radius 2 is 2.10 bits per heavy atom. The number of fused-ring (bicyclic) bond motifs is 1. The molecule has 0 saturated heterocycles. The Labute approximate surface area is 125 Å². The molecule has 0 spiro atoms. The number of hydrogen-bond acceptors (Lipinski definition) is 5. The van der Waals surface area contributed by atoms with Gasteiger partial charge in [-0.1, -0.05) is 0 Å². The zero-order chi connectivity index (χ0) is 14.4. The molecule has 2 rings (SSSR count). The van der Waals surface area contributed by atoms with E-state index in [1.807, 2.05) is 0 Å². The van der Waals surface area contributed by atoms with Crippen LogP contribution in [-0.4, -0.2) is 43.1 Å². The lowest BCUT2D eigenvalue weighted by Crippen LogP contribution is -2.24. The molecule has 4 nitrogen and oxygen atoms in total. The van der Waals surface area contributed by atoms with Crippen molar-refractivity contribution in [1.82, 2.24) is 9.88 Å². The van der Waals surface area contributed by atoms with E-state index in [0.717, 1.165) is 55.2 Å². The molecule has 5 heteroatoms. The summed E-state index contributed by atoms with van der Waals surface area (Å²) in [7, 11) is 2.15. The van der Waals surface area contributed by atoms with Gasteiger partial charge in [-0.25, -0.2) is 4.98 Å². The Hall–Kier alpha value is -1.17. The van der Waals surface area contributed by atoms with E-state index in [2.05, 4.69) is 47.4 Å². The van der Waals surface area contributed by atoms with E-state index in [1.165, 1.54) is 4.70 Å². The normalized spacial score (nSPS) is 11.4. The molecule has 0 amide bonds. The van der Waals surface area contributed by atoms with Crippen LogP contribution in [0.4, 0.5) is 5.69 Å². The summed E-state index contributed by atoms with van der Waals surface area (Å²) >= 11 is 1.74. The number of aromatic nitrogens is 1. The van der Waals surface area contributed by atoms with Crippen LogP contribution in [-0.2, 0) is 0 Å². The molecular weight excluding hydrogens is 268 g/mol. The minimum absolute atomic E-state index is 0.773. The second kappa shape index (κ2) is 7.57. The van der Waals surface area contributed by atoms with Crippen LogP contribution >= 0.6 is 11.3 Å². The maximum atomic E-state index is 5.51. The number of aryl methyl sites for hydroxylation is 1. The third kappa shape index (κ3) is 4.44. The Bertz CT molecular complexity index is 538. The lowest BCUT2D eigenvalue weighted by atomic mass is 10.3. The SMILES string of the molecule is Cc1nc2cc(NCCCN(C)CCCN)ccc2s1. The lowest BCUT2D eigenvalue weighted by Gasteiger charge is -2.16. The minimum atomic E-state index is 0.773. The number of benzene rings is 1. The molecule has 0 aliphatic rings. The number of rotatable bonds is 8. The molecule has 2 aromatic rings. The number of thiazole rings is 1. The van der Waals surface area contributed by atoms with Crippen LogP contribution in [0.15, 0.2) is 18.2 Å². The number of anilines is 1. The molecule has 0 aliphatic heterocycles. The highest BCUT2D eigenvalue weighted by Crippen LogP contribution is 2.24. The Kier molecular flexibility index (Phi) is 5.76. The molecule has 3 N–H and O–H groups in total. The van der Waals surface area contributed by atoms with Gasteiger partial charge >= 0.3 is 0 Å². The highest BCUT2D eigenvalue weighted by atomic mass is 32.1. The van der Waals surface area contributed by atoms with Gasteiger partial charge in [-0.3, -0.25) is 0 Å².